The van der Waals surface area contributed by atoms with Gasteiger partial charge in [-0.25, -0.2) is 4.98 Å². The van der Waals surface area contributed by atoms with Gasteiger partial charge in [-0.3, -0.25) is 0 Å². The number of hydrogen-bond acceptors (Lipinski definition) is 4. The summed E-state index contributed by atoms with van der Waals surface area (Å²) in [5.41, 5.74) is 7.97. The fraction of sp³-hybridized carbons (Fsp3) is 0.533. The van der Waals surface area contributed by atoms with E-state index in [2.05, 4.69) is 35.3 Å². The second-order valence-electron chi connectivity index (χ2n) is 5.40. The van der Waals surface area contributed by atoms with Crippen LogP contribution in [0.5, 0.6) is 5.75 Å². The zero-order valence-electron chi connectivity index (χ0n) is 12.8. The molecule has 1 aromatic carbocycles. The smallest absolute Gasteiger partial charge is 0.201 e. The Bertz CT molecular complexity index is 577. The van der Waals surface area contributed by atoms with Gasteiger partial charge in [-0.05, 0) is 46.0 Å². The molecule has 5 heteroatoms. The number of nitrogen functional groups attached to an aromatic ring is 1. The number of nitrogens with two attached hydrogens (primary N) is 1. The van der Waals surface area contributed by atoms with Crippen molar-refractivity contribution in [2.75, 3.05) is 26.4 Å². The summed E-state index contributed by atoms with van der Waals surface area (Å²) in [7, 11) is 3.81. The lowest BCUT2D eigenvalue weighted by Crippen LogP contribution is -2.28. The number of anilines is 1. The maximum Gasteiger partial charge on any atom is 0.201 e. The second kappa shape index (κ2) is 6.13. The normalized spacial score (nSPS) is 11.7. The Labute approximate surface area is 120 Å². The van der Waals surface area contributed by atoms with Gasteiger partial charge >= 0.3 is 0 Å². The summed E-state index contributed by atoms with van der Waals surface area (Å²) < 4.78 is 7.33. The number of fused-ring (bicyclic) bond motifs is 1. The molecular weight excluding hydrogens is 252 g/mol. The molecule has 0 fully saturated rings. The average molecular weight is 276 g/mol. The van der Waals surface area contributed by atoms with Crippen LogP contribution >= 0.6 is 0 Å². The summed E-state index contributed by atoms with van der Waals surface area (Å²) in [4.78, 5) is 6.72. The van der Waals surface area contributed by atoms with Crippen LogP contribution in [-0.4, -0.2) is 41.2 Å². The summed E-state index contributed by atoms with van der Waals surface area (Å²) in [6.45, 7) is 6.31. The number of methoxy groups -OCH3 is 1. The molecule has 2 N–H and O–H groups in total. The molecule has 5 nitrogen and oxygen atoms in total. The van der Waals surface area contributed by atoms with Gasteiger partial charge in [0.1, 0.15) is 5.75 Å². The van der Waals surface area contributed by atoms with E-state index < -0.39 is 0 Å². The van der Waals surface area contributed by atoms with E-state index in [1.54, 1.807) is 7.11 Å². The van der Waals surface area contributed by atoms with Crippen LogP contribution in [0.3, 0.4) is 0 Å². The zero-order valence-corrected chi connectivity index (χ0v) is 12.8. The number of benzene rings is 1. The second-order valence-corrected chi connectivity index (χ2v) is 5.40. The Balaban J connectivity index is 2.14. The van der Waals surface area contributed by atoms with Crippen molar-refractivity contribution >= 4 is 17.0 Å². The Kier molecular flexibility index (Phi) is 4.49. The van der Waals surface area contributed by atoms with E-state index >= 15 is 0 Å². The van der Waals surface area contributed by atoms with Crippen molar-refractivity contribution in [2.45, 2.75) is 32.9 Å². The fourth-order valence-corrected chi connectivity index (χ4v) is 2.22. The minimum Gasteiger partial charge on any atom is -0.497 e. The van der Waals surface area contributed by atoms with Crippen molar-refractivity contribution in [3.63, 3.8) is 0 Å². The number of imidazole rings is 1. The highest BCUT2D eigenvalue weighted by Gasteiger charge is 2.10. The molecule has 2 rings (SSSR count). The lowest BCUT2D eigenvalue weighted by molar-refractivity contribution is 0.266. The molecule has 1 heterocycles. The van der Waals surface area contributed by atoms with Crippen LogP contribution < -0.4 is 10.5 Å². The standard InChI is InChI=1S/C15H24N4O/c1-11(2)18(3)8-5-9-19-14-10-12(20-4)6-7-13(14)17-15(19)16/h6-7,10-11H,5,8-9H2,1-4H3,(H2,16,17). The van der Waals surface area contributed by atoms with Crippen LogP contribution in [0.15, 0.2) is 18.2 Å². The van der Waals surface area contributed by atoms with Gasteiger partial charge in [0.25, 0.3) is 0 Å². The number of nitrogens with zero attached hydrogens (tertiary/aromatic N) is 3. The number of aryl methyl sites for hydroxylation is 1. The van der Waals surface area contributed by atoms with E-state index in [9.17, 15) is 0 Å². The van der Waals surface area contributed by atoms with Gasteiger partial charge in [0.15, 0.2) is 0 Å². The SMILES string of the molecule is COc1ccc2nc(N)n(CCCN(C)C(C)C)c2c1. The minimum absolute atomic E-state index is 0.562. The van der Waals surface area contributed by atoms with Crippen molar-refractivity contribution in [3.05, 3.63) is 18.2 Å². The number of ether oxygens (including phenoxy) is 1. The molecule has 0 radical (unpaired) electrons. The summed E-state index contributed by atoms with van der Waals surface area (Å²) in [6.07, 6.45) is 1.04. The van der Waals surface area contributed by atoms with Crippen molar-refractivity contribution in [1.82, 2.24) is 14.5 Å². The molecule has 0 saturated heterocycles. The summed E-state index contributed by atoms with van der Waals surface area (Å²) in [5.74, 6) is 1.40. The van der Waals surface area contributed by atoms with E-state index in [0.717, 1.165) is 36.3 Å². The third kappa shape index (κ3) is 3.04. The molecule has 1 aromatic heterocycles. The minimum atomic E-state index is 0.562. The maximum absolute atomic E-state index is 6.02. The predicted octanol–water partition coefficient (Wildman–Crippen LogP) is 2.36. The van der Waals surface area contributed by atoms with Crippen LogP contribution in [0.1, 0.15) is 20.3 Å². The molecule has 0 aliphatic heterocycles. The number of aromatic nitrogens is 2. The summed E-state index contributed by atoms with van der Waals surface area (Å²) in [6, 6.07) is 6.41. The van der Waals surface area contributed by atoms with Crippen LogP contribution in [0.2, 0.25) is 0 Å². The van der Waals surface area contributed by atoms with Crippen LogP contribution in [0.25, 0.3) is 11.0 Å². The molecule has 0 saturated carbocycles. The Hall–Kier alpha value is -1.75. The molecular formula is C15H24N4O. The van der Waals surface area contributed by atoms with Gasteiger partial charge in [0.2, 0.25) is 5.95 Å². The van der Waals surface area contributed by atoms with Gasteiger partial charge < -0.3 is 19.9 Å². The molecule has 0 spiro atoms. The topological polar surface area (TPSA) is 56.3 Å². The quantitative estimate of drug-likeness (QED) is 0.880. The largest absolute Gasteiger partial charge is 0.497 e. The lowest BCUT2D eigenvalue weighted by atomic mass is 10.3. The van der Waals surface area contributed by atoms with Gasteiger partial charge in [-0.15, -0.1) is 0 Å². The number of rotatable bonds is 6. The monoisotopic (exact) mass is 276 g/mol. The Morgan fingerprint density at radius 2 is 2.15 bits per heavy atom. The molecule has 110 valence electrons. The Morgan fingerprint density at radius 1 is 1.40 bits per heavy atom. The Morgan fingerprint density at radius 3 is 2.80 bits per heavy atom. The van der Waals surface area contributed by atoms with E-state index in [4.69, 9.17) is 10.5 Å². The molecule has 0 aliphatic carbocycles. The van der Waals surface area contributed by atoms with E-state index in [1.807, 2.05) is 18.2 Å². The van der Waals surface area contributed by atoms with Gasteiger partial charge in [-0.1, -0.05) is 0 Å². The lowest BCUT2D eigenvalue weighted by Gasteiger charge is -2.21. The van der Waals surface area contributed by atoms with Crippen LogP contribution in [0.4, 0.5) is 5.95 Å². The molecule has 20 heavy (non-hydrogen) atoms. The van der Waals surface area contributed by atoms with Crippen molar-refractivity contribution in [3.8, 4) is 5.75 Å². The first-order valence-electron chi connectivity index (χ1n) is 7.03. The molecule has 0 aliphatic rings. The molecule has 0 amide bonds. The first-order chi connectivity index (χ1) is 9.52. The van der Waals surface area contributed by atoms with E-state index in [-0.39, 0.29) is 0 Å². The van der Waals surface area contributed by atoms with Crippen LogP contribution in [-0.2, 0) is 6.54 Å². The first kappa shape index (κ1) is 14.7. The fourth-order valence-electron chi connectivity index (χ4n) is 2.22. The summed E-state index contributed by atoms with van der Waals surface area (Å²) >= 11 is 0. The van der Waals surface area contributed by atoms with Crippen molar-refractivity contribution < 1.29 is 4.74 Å². The third-order valence-corrected chi connectivity index (χ3v) is 3.76. The summed E-state index contributed by atoms with van der Waals surface area (Å²) in [5, 5.41) is 0. The molecule has 2 aromatic rings. The first-order valence-corrected chi connectivity index (χ1v) is 7.03. The van der Waals surface area contributed by atoms with Gasteiger partial charge in [0, 0.05) is 18.7 Å². The molecule has 0 unspecified atom stereocenters. The third-order valence-electron chi connectivity index (χ3n) is 3.76. The highest BCUT2D eigenvalue weighted by molar-refractivity contribution is 5.79. The number of hydrogen-bond donors (Lipinski definition) is 1. The molecule has 0 bridgehead atoms. The van der Waals surface area contributed by atoms with E-state index in [1.165, 1.54) is 0 Å². The van der Waals surface area contributed by atoms with E-state index in [0.29, 0.717) is 12.0 Å². The van der Waals surface area contributed by atoms with Crippen molar-refractivity contribution in [2.24, 2.45) is 0 Å². The van der Waals surface area contributed by atoms with Gasteiger partial charge in [0.05, 0.1) is 18.1 Å². The predicted molar refractivity (Wildman–Crippen MR) is 83.1 cm³/mol. The van der Waals surface area contributed by atoms with Crippen molar-refractivity contribution in [1.29, 1.82) is 0 Å². The highest BCUT2D eigenvalue weighted by Crippen LogP contribution is 2.23. The zero-order chi connectivity index (χ0) is 14.7. The molecule has 0 atom stereocenters. The van der Waals surface area contributed by atoms with Gasteiger partial charge in [-0.2, -0.15) is 0 Å². The highest BCUT2D eigenvalue weighted by atomic mass is 16.5. The van der Waals surface area contributed by atoms with Crippen LogP contribution in [0, 0.1) is 0 Å². The maximum atomic E-state index is 6.02. The average Bonchev–Trinajstić information content (AvgIpc) is 2.74.